The van der Waals surface area contributed by atoms with Gasteiger partial charge < -0.3 is 9.80 Å². The highest BCUT2D eigenvalue weighted by Crippen LogP contribution is 2.30. The van der Waals surface area contributed by atoms with E-state index in [1.807, 2.05) is 0 Å². The van der Waals surface area contributed by atoms with Crippen LogP contribution in [0.15, 0.2) is 60.7 Å². The van der Waals surface area contributed by atoms with Crippen LogP contribution in [0.5, 0.6) is 0 Å². The van der Waals surface area contributed by atoms with E-state index in [1.165, 1.54) is 43.2 Å². The molecule has 2 aliphatic rings. The first-order valence-corrected chi connectivity index (χ1v) is 13.3. The van der Waals surface area contributed by atoms with Gasteiger partial charge >= 0.3 is 0 Å². The number of piperidine rings is 1. The zero-order valence-electron chi connectivity index (χ0n) is 20.5. The molecular weight excluding hydrogens is 404 g/mol. The van der Waals surface area contributed by atoms with Crippen LogP contribution in [0, 0.1) is 0 Å². The minimum atomic E-state index is 0.366. The number of likely N-dealkylation sites (tertiary alicyclic amines) is 1. The number of carbonyl (C=O) groups excluding carboxylic acids is 1. The van der Waals surface area contributed by atoms with Gasteiger partial charge in [-0.15, -0.1) is 0 Å². The molecule has 33 heavy (non-hydrogen) atoms. The van der Waals surface area contributed by atoms with E-state index in [0.717, 1.165) is 51.2 Å². The van der Waals surface area contributed by atoms with Crippen molar-refractivity contribution in [3.63, 3.8) is 0 Å². The van der Waals surface area contributed by atoms with Crippen LogP contribution < -0.4 is 0 Å². The van der Waals surface area contributed by atoms with Gasteiger partial charge in [-0.25, -0.2) is 0 Å². The molecule has 0 spiro atoms. The van der Waals surface area contributed by atoms with E-state index in [2.05, 4.69) is 77.5 Å². The van der Waals surface area contributed by atoms with Crippen molar-refractivity contribution in [3.8, 4) is 0 Å². The molecule has 0 radical (unpaired) electrons. The van der Waals surface area contributed by atoms with Gasteiger partial charge in [0.25, 0.3) is 0 Å². The summed E-state index contributed by atoms with van der Waals surface area (Å²) in [5.74, 6) is 0.776. The Morgan fingerprint density at radius 2 is 1.36 bits per heavy atom. The summed E-state index contributed by atoms with van der Waals surface area (Å²) in [7, 11) is 2.33. The Morgan fingerprint density at radius 3 is 1.94 bits per heavy atom. The zero-order chi connectivity index (χ0) is 22.9. The summed E-state index contributed by atoms with van der Waals surface area (Å²) in [6, 6.07) is 23.1. The molecule has 4 rings (SSSR count). The van der Waals surface area contributed by atoms with Crippen LogP contribution in [-0.4, -0.2) is 47.9 Å². The Labute approximate surface area is 201 Å². The Morgan fingerprint density at radius 1 is 0.818 bits per heavy atom. The van der Waals surface area contributed by atoms with E-state index in [9.17, 15) is 4.79 Å². The lowest BCUT2D eigenvalue weighted by atomic mass is 9.87. The summed E-state index contributed by atoms with van der Waals surface area (Å²) in [5, 5.41) is 0. The zero-order valence-corrected chi connectivity index (χ0v) is 20.5. The van der Waals surface area contributed by atoms with Gasteiger partial charge in [0.1, 0.15) is 0 Å². The predicted molar refractivity (Wildman–Crippen MR) is 137 cm³/mol. The van der Waals surface area contributed by atoms with Crippen molar-refractivity contribution < 1.29 is 4.79 Å². The van der Waals surface area contributed by atoms with Crippen molar-refractivity contribution in [2.75, 3.05) is 20.1 Å². The molecule has 1 aliphatic carbocycles. The van der Waals surface area contributed by atoms with Gasteiger partial charge in [0.15, 0.2) is 0 Å². The molecule has 2 aromatic rings. The van der Waals surface area contributed by atoms with Crippen molar-refractivity contribution >= 4 is 5.91 Å². The van der Waals surface area contributed by atoms with Gasteiger partial charge in [0.05, 0.1) is 0 Å². The van der Waals surface area contributed by atoms with Crippen LogP contribution in [0.4, 0.5) is 0 Å². The third-order valence-electron chi connectivity index (χ3n) is 8.08. The number of hydrogen-bond donors (Lipinski definition) is 0. The van der Waals surface area contributed by atoms with E-state index in [-0.39, 0.29) is 0 Å². The fourth-order valence-corrected chi connectivity index (χ4v) is 5.99. The second-order valence-corrected chi connectivity index (χ2v) is 10.2. The molecule has 1 heterocycles. The topological polar surface area (TPSA) is 23.6 Å². The minimum Gasteiger partial charge on any atom is -0.343 e. The average Bonchev–Trinajstić information content (AvgIpc) is 2.90. The maximum atomic E-state index is 12.9. The second-order valence-electron chi connectivity index (χ2n) is 10.2. The van der Waals surface area contributed by atoms with E-state index < -0.39 is 0 Å². The first-order chi connectivity index (χ1) is 16.2. The summed E-state index contributed by atoms with van der Waals surface area (Å²) in [6.07, 6.45) is 13.1. The number of benzene rings is 2. The van der Waals surface area contributed by atoms with E-state index in [4.69, 9.17) is 0 Å². The molecule has 2 fully saturated rings. The molecule has 2 aromatic carbocycles. The average molecular weight is 447 g/mol. The van der Waals surface area contributed by atoms with Gasteiger partial charge in [-0.2, -0.15) is 0 Å². The summed E-state index contributed by atoms with van der Waals surface area (Å²) in [4.78, 5) is 17.7. The van der Waals surface area contributed by atoms with Crippen LogP contribution >= 0.6 is 0 Å². The van der Waals surface area contributed by atoms with Crippen molar-refractivity contribution in [2.45, 2.75) is 88.6 Å². The molecule has 1 saturated heterocycles. The molecule has 0 atom stereocenters. The Kier molecular flexibility index (Phi) is 9.00. The number of amides is 1. The molecule has 0 unspecified atom stereocenters. The molecule has 1 aliphatic heterocycles. The summed E-state index contributed by atoms with van der Waals surface area (Å²) < 4.78 is 0. The molecule has 0 N–H and O–H groups in total. The largest absolute Gasteiger partial charge is 0.343 e. The smallest absolute Gasteiger partial charge is 0.222 e. The maximum absolute atomic E-state index is 12.9. The third kappa shape index (κ3) is 6.69. The highest BCUT2D eigenvalue weighted by atomic mass is 16.2. The highest BCUT2D eigenvalue weighted by molar-refractivity contribution is 5.76. The SMILES string of the molecule is CN(C1CCCCC1)C1CCN(C(=O)CCCCC(c2ccccc2)c2ccccc2)CC1. The molecule has 1 saturated carbocycles. The Hall–Kier alpha value is -2.13. The standard InChI is InChI=1S/C30H42N2O/c1-31(27-17-9-4-10-18-27)28-21-23-32(24-22-28)30(33)20-12-11-19-29(25-13-5-2-6-14-25)26-15-7-3-8-16-26/h2-3,5-8,13-16,27-29H,4,9-12,17-24H2,1H3. The summed E-state index contributed by atoms with van der Waals surface area (Å²) in [6.45, 7) is 1.88. The molecular formula is C30H42N2O. The van der Waals surface area contributed by atoms with Gasteiger partial charge in [-0.3, -0.25) is 4.79 Å². The number of hydrogen-bond acceptors (Lipinski definition) is 2. The number of unbranched alkanes of at least 4 members (excludes halogenated alkanes) is 1. The lowest BCUT2D eigenvalue weighted by molar-refractivity contribution is -0.133. The highest BCUT2D eigenvalue weighted by Gasteiger charge is 2.29. The monoisotopic (exact) mass is 446 g/mol. The fourth-order valence-electron chi connectivity index (χ4n) is 5.99. The molecule has 0 bridgehead atoms. The molecule has 0 aromatic heterocycles. The predicted octanol–water partition coefficient (Wildman–Crippen LogP) is 6.63. The number of carbonyl (C=O) groups is 1. The maximum Gasteiger partial charge on any atom is 0.222 e. The minimum absolute atomic E-state index is 0.366. The van der Waals surface area contributed by atoms with Crippen molar-refractivity contribution in [1.82, 2.24) is 9.80 Å². The lowest BCUT2D eigenvalue weighted by Crippen LogP contribution is -2.48. The van der Waals surface area contributed by atoms with Crippen LogP contribution in [0.1, 0.15) is 87.7 Å². The fraction of sp³-hybridized carbons (Fsp3) is 0.567. The third-order valence-corrected chi connectivity index (χ3v) is 8.08. The van der Waals surface area contributed by atoms with Crippen molar-refractivity contribution in [3.05, 3.63) is 71.8 Å². The number of rotatable bonds is 9. The Balaban J connectivity index is 1.21. The quantitative estimate of drug-likeness (QED) is 0.403. The van der Waals surface area contributed by atoms with Gasteiger partial charge in [-0.1, -0.05) is 86.3 Å². The van der Waals surface area contributed by atoms with Gasteiger partial charge in [-0.05, 0) is 56.7 Å². The van der Waals surface area contributed by atoms with Crippen LogP contribution in [0.25, 0.3) is 0 Å². The Bertz CT molecular complexity index is 783. The molecule has 3 nitrogen and oxygen atoms in total. The summed E-state index contributed by atoms with van der Waals surface area (Å²) in [5.41, 5.74) is 2.75. The van der Waals surface area contributed by atoms with Gasteiger partial charge in [0, 0.05) is 37.5 Å². The molecule has 178 valence electrons. The first-order valence-electron chi connectivity index (χ1n) is 13.3. The number of nitrogens with zero attached hydrogens (tertiary/aromatic N) is 2. The van der Waals surface area contributed by atoms with Crippen molar-refractivity contribution in [1.29, 1.82) is 0 Å². The summed E-state index contributed by atoms with van der Waals surface area (Å²) >= 11 is 0. The van der Waals surface area contributed by atoms with Gasteiger partial charge in [0.2, 0.25) is 5.91 Å². The lowest BCUT2D eigenvalue weighted by Gasteiger charge is -2.41. The molecule has 3 heteroatoms. The normalized spacial score (nSPS) is 18.2. The van der Waals surface area contributed by atoms with E-state index in [0.29, 0.717) is 24.3 Å². The van der Waals surface area contributed by atoms with Crippen LogP contribution in [0.2, 0.25) is 0 Å². The first kappa shape index (κ1) is 24.0. The van der Waals surface area contributed by atoms with Crippen molar-refractivity contribution in [2.24, 2.45) is 0 Å². The van der Waals surface area contributed by atoms with Crippen LogP contribution in [-0.2, 0) is 4.79 Å². The molecule has 1 amide bonds. The van der Waals surface area contributed by atoms with E-state index in [1.54, 1.807) is 0 Å². The van der Waals surface area contributed by atoms with Crippen LogP contribution in [0.3, 0.4) is 0 Å². The van der Waals surface area contributed by atoms with E-state index >= 15 is 0 Å². The second kappa shape index (κ2) is 12.4.